The maximum atomic E-state index is 12.5. The van der Waals surface area contributed by atoms with Gasteiger partial charge in [-0.05, 0) is 30.7 Å². The Balaban J connectivity index is 1.43. The van der Waals surface area contributed by atoms with E-state index in [9.17, 15) is 9.59 Å². The molecule has 1 N–H and O–H groups in total. The van der Waals surface area contributed by atoms with Crippen molar-refractivity contribution in [3.05, 3.63) is 69.4 Å². The summed E-state index contributed by atoms with van der Waals surface area (Å²) >= 11 is 0. The normalized spacial score (nSPS) is 15.1. The number of ether oxygens (including phenoxy) is 2. The summed E-state index contributed by atoms with van der Waals surface area (Å²) in [5, 5.41) is 6.52. The summed E-state index contributed by atoms with van der Waals surface area (Å²) in [5.74, 6) is 2.04. The fourth-order valence-corrected chi connectivity index (χ4v) is 3.14. The predicted octanol–water partition coefficient (Wildman–Crippen LogP) is 2.38. The van der Waals surface area contributed by atoms with Crippen molar-refractivity contribution in [1.82, 2.24) is 15.5 Å². The van der Waals surface area contributed by atoms with Gasteiger partial charge in [0.2, 0.25) is 5.89 Å². The second kappa shape index (κ2) is 8.40. The summed E-state index contributed by atoms with van der Waals surface area (Å²) in [6.45, 7) is 4.06. The lowest BCUT2D eigenvalue weighted by atomic mass is 10.1. The second-order valence-corrected chi connectivity index (χ2v) is 6.82. The van der Waals surface area contributed by atoms with Crippen LogP contribution < -0.4 is 20.4 Å². The third-order valence-electron chi connectivity index (χ3n) is 4.67. The summed E-state index contributed by atoms with van der Waals surface area (Å²) in [7, 11) is 0. The summed E-state index contributed by atoms with van der Waals surface area (Å²) in [6, 6.07) is 8.89. The Morgan fingerprint density at radius 3 is 2.80 bits per heavy atom. The highest BCUT2D eigenvalue weighted by Gasteiger charge is 2.27. The molecule has 0 bridgehead atoms. The van der Waals surface area contributed by atoms with E-state index in [2.05, 4.69) is 15.5 Å². The number of amides is 1. The minimum atomic E-state index is -0.724. The number of fused-ring (bicyclic) bond motifs is 1. The Kier molecular flexibility index (Phi) is 5.51. The first-order valence-corrected chi connectivity index (χ1v) is 9.68. The summed E-state index contributed by atoms with van der Waals surface area (Å²) in [6.07, 6.45) is 0.465. The second-order valence-electron chi connectivity index (χ2n) is 6.82. The lowest BCUT2D eigenvalue weighted by molar-refractivity contribution is 0.0721. The van der Waals surface area contributed by atoms with Crippen molar-refractivity contribution >= 4 is 5.91 Å². The topological polar surface area (TPSA) is 117 Å². The molecule has 1 amide bonds. The number of para-hydroxylation sites is 2. The van der Waals surface area contributed by atoms with Gasteiger partial charge in [-0.25, -0.2) is 4.79 Å². The number of carbonyl (C=O) groups is 1. The third-order valence-corrected chi connectivity index (χ3v) is 4.67. The van der Waals surface area contributed by atoms with Crippen LogP contribution in [-0.4, -0.2) is 29.2 Å². The first kappa shape index (κ1) is 19.7. The zero-order valence-electron chi connectivity index (χ0n) is 16.6. The van der Waals surface area contributed by atoms with E-state index in [1.165, 1.54) is 0 Å². The standard InChI is InChI=1S/C21H21N3O6/c1-3-18-23-17(24-30-18)8-9-22-20(25)19-12(2)10-15(29-21(19)26)16-11-27-13-6-4-5-7-14(13)28-16/h4-7,10,16H,3,8-9,11H2,1-2H3,(H,22,25). The molecule has 0 aliphatic carbocycles. The smallest absolute Gasteiger partial charge is 0.349 e. The molecule has 0 fully saturated rings. The van der Waals surface area contributed by atoms with Crippen molar-refractivity contribution < 1.29 is 23.2 Å². The molecule has 4 rings (SSSR count). The molecule has 0 saturated heterocycles. The molecule has 30 heavy (non-hydrogen) atoms. The fourth-order valence-electron chi connectivity index (χ4n) is 3.14. The Morgan fingerprint density at radius 1 is 1.27 bits per heavy atom. The van der Waals surface area contributed by atoms with Crippen molar-refractivity contribution in [2.75, 3.05) is 13.2 Å². The van der Waals surface area contributed by atoms with Crippen LogP contribution >= 0.6 is 0 Å². The zero-order chi connectivity index (χ0) is 21.1. The Bertz CT molecular complexity index is 1120. The Morgan fingerprint density at radius 2 is 2.07 bits per heavy atom. The molecule has 3 aromatic rings. The number of nitrogens with zero attached hydrogens (tertiary/aromatic N) is 2. The minimum Gasteiger partial charge on any atom is -0.485 e. The summed E-state index contributed by atoms with van der Waals surface area (Å²) in [4.78, 5) is 29.2. The van der Waals surface area contributed by atoms with Gasteiger partial charge >= 0.3 is 5.63 Å². The molecule has 1 unspecified atom stereocenters. The number of benzene rings is 1. The van der Waals surface area contributed by atoms with Crippen molar-refractivity contribution in [2.45, 2.75) is 32.8 Å². The molecule has 0 radical (unpaired) electrons. The molecule has 3 heterocycles. The number of hydrogen-bond acceptors (Lipinski definition) is 8. The van der Waals surface area contributed by atoms with E-state index < -0.39 is 17.6 Å². The predicted molar refractivity (Wildman–Crippen MR) is 105 cm³/mol. The van der Waals surface area contributed by atoms with Gasteiger partial charge in [-0.3, -0.25) is 4.79 Å². The van der Waals surface area contributed by atoms with Crippen molar-refractivity contribution in [3.8, 4) is 11.5 Å². The molecule has 0 spiro atoms. The molecular formula is C21H21N3O6. The average Bonchev–Trinajstić information content (AvgIpc) is 3.21. The van der Waals surface area contributed by atoms with Crippen LogP contribution in [0, 0.1) is 6.92 Å². The van der Waals surface area contributed by atoms with E-state index in [4.69, 9.17) is 18.4 Å². The summed E-state index contributed by atoms with van der Waals surface area (Å²) in [5.41, 5.74) is -0.273. The van der Waals surface area contributed by atoms with Crippen LogP contribution in [0.25, 0.3) is 0 Å². The van der Waals surface area contributed by atoms with Gasteiger partial charge in [0, 0.05) is 19.4 Å². The van der Waals surface area contributed by atoms with Crippen molar-refractivity contribution in [3.63, 3.8) is 0 Å². The fraction of sp³-hybridized carbons (Fsp3) is 0.333. The van der Waals surface area contributed by atoms with E-state index in [0.29, 0.717) is 47.4 Å². The average molecular weight is 411 g/mol. The van der Waals surface area contributed by atoms with Gasteiger partial charge in [0.15, 0.2) is 29.2 Å². The van der Waals surface area contributed by atoms with Crippen molar-refractivity contribution in [2.24, 2.45) is 0 Å². The number of aryl methyl sites for hydroxylation is 2. The maximum absolute atomic E-state index is 12.5. The largest absolute Gasteiger partial charge is 0.485 e. The van der Waals surface area contributed by atoms with Gasteiger partial charge in [0.25, 0.3) is 5.91 Å². The van der Waals surface area contributed by atoms with Crippen LogP contribution in [0.2, 0.25) is 0 Å². The summed E-state index contributed by atoms with van der Waals surface area (Å²) < 4.78 is 22.0. The maximum Gasteiger partial charge on any atom is 0.349 e. The van der Waals surface area contributed by atoms with Gasteiger partial charge in [0.05, 0.1) is 0 Å². The van der Waals surface area contributed by atoms with Gasteiger partial charge in [-0.2, -0.15) is 4.98 Å². The number of aromatic nitrogens is 2. The first-order chi connectivity index (χ1) is 14.5. The molecular weight excluding hydrogens is 390 g/mol. The molecule has 1 atom stereocenters. The van der Waals surface area contributed by atoms with Crippen LogP contribution in [0.15, 0.2) is 44.1 Å². The van der Waals surface area contributed by atoms with Gasteiger partial charge in [0.1, 0.15) is 12.2 Å². The van der Waals surface area contributed by atoms with Crippen LogP contribution in [-0.2, 0) is 12.8 Å². The molecule has 1 aromatic carbocycles. The Hall–Kier alpha value is -3.62. The zero-order valence-corrected chi connectivity index (χ0v) is 16.6. The van der Waals surface area contributed by atoms with Gasteiger partial charge in [-0.1, -0.05) is 24.2 Å². The lowest BCUT2D eigenvalue weighted by Gasteiger charge is -2.25. The van der Waals surface area contributed by atoms with E-state index in [-0.39, 0.29) is 18.7 Å². The monoisotopic (exact) mass is 411 g/mol. The molecule has 156 valence electrons. The van der Waals surface area contributed by atoms with E-state index >= 15 is 0 Å². The quantitative estimate of drug-likeness (QED) is 0.657. The molecule has 9 heteroatoms. The van der Waals surface area contributed by atoms with E-state index in [0.717, 1.165) is 0 Å². The van der Waals surface area contributed by atoms with Gasteiger partial charge < -0.3 is 23.7 Å². The number of rotatable bonds is 6. The molecule has 0 saturated carbocycles. The Labute approximate surface area is 172 Å². The van der Waals surface area contributed by atoms with Crippen LogP contribution in [0.3, 0.4) is 0 Å². The molecule has 1 aliphatic heterocycles. The van der Waals surface area contributed by atoms with Crippen LogP contribution in [0.4, 0.5) is 0 Å². The highest BCUT2D eigenvalue weighted by Crippen LogP contribution is 2.35. The van der Waals surface area contributed by atoms with Gasteiger partial charge in [-0.15, -0.1) is 0 Å². The lowest BCUT2D eigenvalue weighted by Crippen LogP contribution is -2.32. The SMILES string of the molecule is CCc1nc(CCNC(=O)c2c(C)cc(C3COc4ccccc4O3)oc2=O)no1. The number of carbonyl (C=O) groups excluding carboxylic acids is 1. The highest BCUT2D eigenvalue weighted by atomic mass is 16.6. The first-order valence-electron chi connectivity index (χ1n) is 9.68. The number of nitrogens with one attached hydrogen (secondary N) is 1. The van der Waals surface area contributed by atoms with E-state index in [1.807, 2.05) is 19.1 Å². The highest BCUT2D eigenvalue weighted by molar-refractivity contribution is 5.95. The minimum absolute atomic E-state index is 0.0433. The molecule has 1 aliphatic rings. The van der Waals surface area contributed by atoms with E-state index in [1.54, 1.807) is 25.1 Å². The van der Waals surface area contributed by atoms with Crippen molar-refractivity contribution in [1.29, 1.82) is 0 Å². The van der Waals surface area contributed by atoms with Crippen LogP contribution in [0.1, 0.15) is 46.4 Å². The van der Waals surface area contributed by atoms with Crippen LogP contribution in [0.5, 0.6) is 11.5 Å². The molecule has 9 nitrogen and oxygen atoms in total. The third kappa shape index (κ3) is 4.05. The number of hydrogen-bond donors (Lipinski definition) is 1. The molecule has 2 aromatic heterocycles.